The standard InChI is InChI=1S/C16H12ClF3N4O/c1-9-15(10-2-4-11(17)5-3-10)25-14(22-9)8-21-13-7-6-12(23-24-13)16(18,19)20/h2-7H,8H2,1H3,(H,21,24). The quantitative estimate of drug-likeness (QED) is 0.721. The summed E-state index contributed by atoms with van der Waals surface area (Å²) < 4.78 is 43.0. The van der Waals surface area contributed by atoms with Gasteiger partial charge < -0.3 is 9.73 Å². The molecule has 1 N–H and O–H groups in total. The summed E-state index contributed by atoms with van der Waals surface area (Å²) in [4.78, 5) is 4.29. The molecule has 0 amide bonds. The van der Waals surface area contributed by atoms with Crippen LogP contribution in [0.1, 0.15) is 17.3 Å². The van der Waals surface area contributed by atoms with E-state index in [2.05, 4.69) is 20.5 Å². The molecule has 0 aliphatic carbocycles. The molecule has 0 radical (unpaired) electrons. The summed E-state index contributed by atoms with van der Waals surface area (Å²) in [5, 5.41) is 10.1. The Balaban J connectivity index is 1.70. The molecule has 0 unspecified atom stereocenters. The van der Waals surface area contributed by atoms with Crippen molar-refractivity contribution < 1.29 is 17.6 Å². The van der Waals surface area contributed by atoms with Gasteiger partial charge in [-0.3, -0.25) is 0 Å². The van der Waals surface area contributed by atoms with Gasteiger partial charge in [0, 0.05) is 10.6 Å². The van der Waals surface area contributed by atoms with Crippen LogP contribution in [0.5, 0.6) is 0 Å². The number of oxazole rings is 1. The van der Waals surface area contributed by atoms with E-state index in [0.29, 0.717) is 22.4 Å². The van der Waals surface area contributed by atoms with Gasteiger partial charge in [-0.05, 0) is 43.3 Å². The van der Waals surface area contributed by atoms with Crippen molar-refractivity contribution >= 4 is 17.4 Å². The largest absolute Gasteiger partial charge is 0.438 e. The Morgan fingerprint density at radius 3 is 2.40 bits per heavy atom. The van der Waals surface area contributed by atoms with Gasteiger partial charge in [-0.1, -0.05) is 11.6 Å². The summed E-state index contributed by atoms with van der Waals surface area (Å²) in [6.07, 6.45) is -4.52. The Bertz CT molecular complexity index is 861. The molecule has 0 saturated carbocycles. The van der Waals surface area contributed by atoms with Crippen LogP contribution in [0, 0.1) is 6.92 Å². The summed E-state index contributed by atoms with van der Waals surface area (Å²) in [6, 6.07) is 9.17. The van der Waals surface area contributed by atoms with Gasteiger partial charge in [0.15, 0.2) is 11.5 Å². The lowest BCUT2D eigenvalue weighted by molar-refractivity contribution is -0.141. The number of hydrogen-bond donors (Lipinski definition) is 1. The predicted octanol–water partition coefficient (Wildman–Crippen LogP) is 4.72. The maximum Gasteiger partial charge on any atom is 0.435 e. The summed E-state index contributed by atoms with van der Waals surface area (Å²) in [5.41, 5.74) is 0.475. The lowest BCUT2D eigenvalue weighted by atomic mass is 10.1. The molecule has 0 bridgehead atoms. The Hall–Kier alpha value is -2.61. The fourth-order valence-electron chi connectivity index (χ4n) is 2.14. The second kappa shape index (κ2) is 6.72. The predicted molar refractivity (Wildman–Crippen MR) is 86.0 cm³/mol. The monoisotopic (exact) mass is 368 g/mol. The zero-order valence-corrected chi connectivity index (χ0v) is 13.7. The number of halogens is 4. The first-order valence-electron chi connectivity index (χ1n) is 7.20. The summed E-state index contributed by atoms with van der Waals surface area (Å²) in [6.45, 7) is 1.96. The van der Waals surface area contributed by atoms with Gasteiger partial charge in [0.25, 0.3) is 0 Å². The number of nitrogens with one attached hydrogen (secondary N) is 1. The molecule has 2 aromatic heterocycles. The Kier molecular flexibility index (Phi) is 4.63. The van der Waals surface area contributed by atoms with E-state index in [-0.39, 0.29) is 12.4 Å². The summed E-state index contributed by atoms with van der Waals surface area (Å²) in [7, 11) is 0. The Morgan fingerprint density at radius 2 is 1.80 bits per heavy atom. The van der Waals surface area contributed by atoms with Crippen LogP contribution >= 0.6 is 11.6 Å². The normalized spacial score (nSPS) is 11.6. The second-order valence-electron chi connectivity index (χ2n) is 5.18. The first-order valence-corrected chi connectivity index (χ1v) is 7.58. The molecule has 3 aromatic rings. The fourth-order valence-corrected chi connectivity index (χ4v) is 2.27. The first kappa shape index (κ1) is 17.2. The summed E-state index contributed by atoms with van der Waals surface area (Å²) >= 11 is 5.86. The highest BCUT2D eigenvalue weighted by Gasteiger charge is 2.32. The lowest BCUT2D eigenvalue weighted by Gasteiger charge is -2.06. The molecule has 3 rings (SSSR count). The highest BCUT2D eigenvalue weighted by atomic mass is 35.5. The highest BCUT2D eigenvalue weighted by Crippen LogP contribution is 2.28. The average molecular weight is 369 g/mol. The molecular weight excluding hydrogens is 357 g/mol. The number of aryl methyl sites for hydroxylation is 1. The van der Waals surface area contributed by atoms with E-state index in [4.69, 9.17) is 16.0 Å². The maximum atomic E-state index is 12.4. The number of hydrogen-bond acceptors (Lipinski definition) is 5. The number of aromatic nitrogens is 3. The van der Waals surface area contributed by atoms with Crippen LogP contribution in [0.2, 0.25) is 5.02 Å². The molecule has 25 heavy (non-hydrogen) atoms. The molecule has 130 valence electrons. The minimum absolute atomic E-state index is 0.161. The Labute approximate surface area is 145 Å². The topological polar surface area (TPSA) is 63.8 Å². The van der Waals surface area contributed by atoms with Crippen LogP contribution in [0.4, 0.5) is 19.0 Å². The van der Waals surface area contributed by atoms with Gasteiger partial charge >= 0.3 is 6.18 Å². The maximum absolute atomic E-state index is 12.4. The molecule has 5 nitrogen and oxygen atoms in total. The van der Waals surface area contributed by atoms with E-state index in [1.54, 1.807) is 19.1 Å². The zero-order chi connectivity index (χ0) is 18.0. The van der Waals surface area contributed by atoms with Crippen molar-refractivity contribution in [2.75, 3.05) is 5.32 Å². The zero-order valence-electron chi connectivity index (χ0n) is 12.9. The minimum atomic E-state index is -4.52. The van der Waals surface area contributed by atoms with Gasteiger partial charge in [-0.25, -0.2) is 4.98 Å². The fraction of sp³-hybridized carbons (Fsp3) is 0.188. The molecule has 0 fully saturated rings. The molecule has 2 heterocycles. The third kappa shape index (κ3) is 4.08. The van der Waals surface area contributed by atoms with Crippen molar-refractivity contribution in [1.29, 1.82) is 0 Å². The van der Waals surface area contributed by atoms with Crippen molar-refractivity contribution in [2.24, 2.45) is 0 Å². The van der Waals surface area contributed by atoms with Crippen LogP contribution in [0.3, 0.4) is 0 Å². The van der Waals surface area contributed by atoms with Crippen molar-refractivity contribution in [1.82, 2.24) is 15.2 Å². The third-order valence-corrected chi connectivity index (χ3v) is 3.57. The van der Waals surface area contributed by atoms with Crippen LogP contribution in [0.15, 0.2) is 40.8 Å². The number of rotatable bonds is 4. The van der Waals surface area contributed by atoms with Gasteiger partial charge in [0.05, 0.1) is 12.2 Å². The lowest BCUT2D eigenvalue weighted by Crippen LogP contribution is -2.10. The third-order valence-electron chi connectivity index (χ3n) is 3.32. The van der Waals surface area contributed by atoms with Crippen LogP contribution in [-0.4, -0.2) is 15.2 Å². The van der Waals surface area contributed by atoms with Crippen molar-refractivity contribution in [3.05, 3.63) is 58.7 Å². The van der Waals surface area contributed by atoms with Gasteiger partial charge in [-0.15, -0.1) is 10.2 Å². The molecule has 0 atom stereocenters. The minimum Gasteiger partial charge on any atom is -0.438 e. The molecule has 0 spiro atoms. The smallest absolute Gasteiger partial charge is 0.435 e. The second-order valence-corrected chi connectivity index (χ2v) is 5.62. The van der Waals surface area contributed by atoms with Crippen LogP contribution in [0.25, 0.3) is 11.3 Å². The molecule has 9 heteroatoms. The van der Waals surface area contributed by atoms with Gasteiger partial charge in [-0.2, -0.15) is 13.2 Å². The first-order chi connectivity index (χ1) is 11.8. The van der Waals surface area contributed by atoms with Crippen molar-refractivity contribution in [2.45, 2.75) is 19.6 Å². The van der Waals surface area contributed by atoms with Crippen molar-refractivity contribution in [3.63, 3.8) is 0 Å². The number of anilines is 1. The number of benzene rings is 1. The van der Waals surface area contributed by atoms with Gasteiger partial charge in [0.2, 0.25) is 5.89 Å². The van der Waals surface area contributed by atoms with E-state index < -0.39 is 11.9 Å². The van der Waals surface area contributed by atoms with E-state index in [1.807, 2.05) is 12.1 Å². The Morgan fingerprint density at radius 1 is 1.08 bits per heavy atom. The van der Waals surface area contributed by atoms with Crippen LogP contribution in [-0.2, 0) is 12.7 Å². The van der Waals surface area contributed by atoms with E-state index in [9.17, 15) is 13.2 Å². The van der Waals surface area contributed by atoms with E-state index >= 15 is 0 Å². The van der Waals surface area contributed by atoms with Crippen LogP contribution < -0.4 is 5.32 Å². The van der Waals surface area contributed by atoms with E-state index in [0.717, 1.165) is 11.6 Å². The average Bonchev–Trinajstić information content (AvgIpc) is 2.94. The molecular formula is C16H12ClF3N4O. The molecule has 0 aliphatic heterocycles. The number of alkyl halides is 3. The molecule has 0 aliphatic rings. The highest BCUT2D eigenvalue weighted by molar-refractivity contribution is 6.30. The van der Waals surface area contributed by atoms with Crippen molar-refractivity contribution in [3.8, 4) is 11.3 Å². The molecule has 1 aromatic carbocycles. The van der Waals surface area contributed by atoms with Gasteiger partial charge in [0.1, 0.15) is 5.82 Å². The van der Waals surface area contributed by atoms with E-state index in [1.165, 1.54) is 6.07 Å². The summed E-state index contributed by atoms with van der Waals surface area (Å²) in [5.74, 6) is 1.17. The molecule has 0 saturated heterocycles. The SMILES string of the molecule is Cc1nc(CNc2ccc(C(F)(F)F)nn2)oc1-c1ccc(Cl)cc1. The number of nitrogens with zero attached hydrogens (tertiary/aromatic N) is 3.